The van der Waals surface area contributed by atoms with Crippen molar-refractivity contribution in [2.24, 2.45) is 0 Å². The third kappa shape index (κ3) is 3.97. The van der Waals surface area contributed by atoms with Gasteiger partial charge < -0.3 is 20.1 Å². The minimum Gasteiger partial charge on any atom is -0.382 e. The van der Waals surface area contributed by atoms with E-state index < -0.39 is 12.1 Å². The Morgan fingerprint density at radius 2 is 2.12 bits per heavy atom. The van der Waals surface area contributed by atoms with E-state index in [0.717, 1.165) is 25.7 Å². The maximum Gasteiger partial charge on any atom is 0.252 e. The number of hydrogen-bond acceptors (Lipinski definition) is 4. The molecule has 0 radical (unpaired) electrons. The Hall–Kier alpha value is -1.63. The molecular formula is C18H23ClN2O4. The van der Waals surface area contributed by atoms with Crippen LogP contribution in [0.5, 0.6) is 0 Å². The van der Waals surface area contributed by atoms with Gasteiger partial charge in [-0.3, -0.25) is 9.59 Å². The van der Waals surface area contributed by atoms with Crippen molar-refractivity contribution in [3.63, 3.8) is 0 Å². The highest BCUT2D eigenvalue weighted by Gasteiger charge is 2.42. The summed E-state index contributed by atoms with van der Waals surface area (Å²) in [6.07, 6.45) is 3.04. The Morgan fingerprint density at radius 3 is 2.80 bits per heavy atom. The van der Waals surface area contributed by atoms with Crippen LogP contribution in [0.1, 0.15) is 37.3 Å². The SMILES string of the molecule is COCC1(NC(=O)[C@H]2OCC(=O)N[C@@H]2c2ccccc2Cl)CCCC1. The largest absolute Gasteiger partial charge is 0.382 e. The van der Waals surface area contributed by atoms with Crippen molar-refractivity contribution in [1.29, 1.82) is 0 Å². The summed E-state index contributed by atoms with van der Waals surface area (Å²) in [5, 5.41) is 6.44. The minimum absolute atomic E-state index is 0.143. The van der Waals surface area contributed by atoms with Crippen LogP contribution < -0.4 is 10.6 Å². The molecule has 0 spiro atoms. The molecule has 2 fully saturated rings. The topological polar surface area (TPSA) is 76.7 Å². The standard InChI is InChI=1S/C18H23ClN2O4/c1-24-11-18(8-4-5-9-18)21-17(23)16-15(20-14(22)10-25-16)12-6-2-3-7-13(12)19/h2-3,6-7,15-16H,4-5,8-11H2,1H3,(H,20,22)(H,21,23)/t15-,16+/m1/s1. The Balaban J connectivity index is 1.81. The number of methoxy groups -OCH3 is 1. The molecule has 0 bridgehead atoms. The summed E-state index contributed by atoms with van der Waals surface area (Å²) in [7, 11) is 1.64. The van der Waals surface area contributed by atoms with Gasteiger partial charge in [-0.15, -0.1) is 0 Å². The highest BCUT2D eigenvalue weighted by Crippen LogP contribution is 2.32. The van der Waals surface area contributed by atoms with Gasteiger partial charge in [-0.25, -0.2) is 0 Å². The van der Waals surface area contributed by atoms with Crippen LogP contribution in [-0.4, -0.2) is 43.8 Å². The number of amides is 2. The van der Waals surface area contributed by atoms with Crippen LogP contribution in [0.15, 0.2) is 24.3 Å². The molecule has 25 heavy (non-hydrogen) atoms. The molecule has 2 amide bonds. The molecule has 7 heteroatoms. The van der Waals surface area contributed by atoms with Crippen LogP contribution in [0.2, 0.25) is 5.02 Å². The zero-order valence-electron chi connectivity index (χ0n) is 14.2. The van der Waals surface area contributed by atoms with E-state index in [1.165, 1.54) is 0 Å². The Bertz CT molecular complexity index is 646. The average molecular weight is 367 g/mol. The van der Waals surface area contributed by atoms with Crippen LogP contribution in [0.4, 0.5) is 0 Å². The molecule has 0 unspecified atom stereocenters. The van der Waals surface area contributed by atoms with E-state index in [-0.39, 0.29) is 24.0 Å². The molecule has 1 heterocycles. The Kier molecular flexibility index (Phi) is 5.61. The molecule has 0 aromatic heterocycles. The number of morpholine rings is 1. The fraction of sp³-hybridized carbons (Fsp3) is 0.556. The first-order chi connectivity index (χ1) is 12.0. The van der Waals surface area contributed by atoms with Gasteiger partial charge in [-0.1, -0.05) is 42.6 Å². The van der Waals surface area contributed by atoms with Gasteiger partial charge in [-0.05, 0) is 24.5 Å². The third-order valence-corrected chi connectivity index (χ3v) is 5.23. The Morgan fingerprint density at radius 1 is 1.40 bits per heavy atom. The Labute approximate surface area is 152 Å². The molecule has 2 aliphatic rings. The molecule has 136 valence electrons. The normalized spacial score (nSPS) is 25.4. The van der Waals surface area contributed by atoms with Gasteiger partial charge >= 0.3 is 0 Å². The number of carbonyl (C=O) groups is 2. The second-order valence-electron chi connectivity index (χ2n) is 6.71. The highest BCUT2D eigenvalue weighted by molar-refractivity contribution is 6.31. The third-order valence-electron chi connectivity index (χ3n) is 4.88. The van der Waals surface area contributed by atoms with Crippen molar-refractivity contribution in [3.05, 3.63) is 34.9 Å². The summed E-state index contributed by atoms with van der Waals surface area (Å²) in [6, 6.07) is 6.54. The van der Waals surface area contributed by atoms with E-state index in [9.17, 15) is 9.59 Å². The lowest BCUT2D eigenvalue weighted by Gasteiger charge is -2.36. The van der Waals surface area contributed by atoms with Crippen molar-refractivity contribution >= 4 is 23.4 Å². The molecule has 1 saturated heterocycles. The number of rotatable bonds is 5. The lowest BCUT2D eigenvalue weighted by Crippen LogP contribution is -2.58. The molecule has 6 nitrogen and oxygen atoms in total. The molecule has 1 saturated carbocycles. The van der Waals surface area contributed by atoms with E-state index in [1.807, 2.05) is 6.07 Å². The average Bonchev–Trinajstić information content (AvgIpc) is 3.03. The lowest BCUT2D eigenvalue weighted by atomic mass is 9.95. The zero-order chi connectivity index (χ0) is 17.9. The number of carbonyl (C=O) groups excluding carboxylic acids is 2. The highest BCUT2D eigenvalue weighted by atomic mass is 35.5. The summed E-state index contributed by atoms with van der Waals surface area (Å²) < 4.78 is 10.9. The molecule has 1 aromatic carbocycles. The first-order valence-electron chi connectivity index (χ1n) is 8.51. The number of hydrogen-bond donors (Lipinski definition) is 2. The van der Waals surface area contributed by atoms with Gasteiger partial charge in [0.05, 0.1) is 18.2 Å². The molecule has 1 aromatic rings. The van der Waals surface area contributed by atoms with E-state index in [1.54, 1.807) is 25.3 Å². The molecule has 1 aliphatic carbocycles. The van der Waals surface area contributed by atoms with Crippen molar-refractivity contribution in [1.82, 2.24) is 10.6 Å². The fourth-order valence-electron chi connectivity index (χ4n) is 3.71. The van der Waals surface area contributed by atoms with Gasteiger partial charge in [0, 0.05) is 12.1 Å². The summed E-state index contributed by atoms with van der Waals surface area (Å²) >= 11 is 6.26. The van der Waals surface area contributed by atoms with Crippen LogP contribution in [0.3, 0.4) is 0 Å². The molecular weight excluding hydrogens is 344 g/mol. The predicted molar refractivity (Wildman–Crippen MR) is 93.3 cm³/mol. The second-order valence-corrected chi connectivity index (χ2v) is 7.12. The lowest BCUT2D eigenvalue weighted by molar-refractivity contribution is -0.149. The second kappa shape index (κ2) is 7.72. The van der Waals surface area contributed by atoms with Crippen molar-refractivity contribution in [3.8, 4) is 0 Å². The van der Waals surface area contributed by atoms with Gasteiger partial charge in [0.1, 0.15) is 6.61 Å². The molecule has 2 N–H and O–H groups in total. The van der Waals surface area contributed by atoms with Crippen LogP contribution in [0.25, 0.3) is 0 Å². The molecule has 1 aliphatic heterocycles. The predicted octanol–water partition coefficient (Wildman–Crippen LogP) is 1.97. The van der Waals surface area contributed by atoms with Crippen LogP contribution in [-0.2, 0) is 19.1 Å². The van der Waals surface area contributed by atoms with Crippen LogP contribution in [0, 0.1) is 0 Å². The summed E-state index contributed by atoms with van der Waals surface area (Å²) in [5.41, 5.74) is 0.311. The van der Waals surface area contributed by atoms with Crippen LogP contribution >= 0.6 is 11.6 Å². The minimum atomic E-state index is -0.827. The zero-order valence-corrected chi connectivity index (χ0v) is 15.0. The summed E-state index contributed by atoms with van der Waals surface area (Å²) in [5.74, 6) is -0.509. The molecule has 2 atom stereocenters. The maximum absolute atomic E-state index is 12.9. The summed E-state index contributed by atoms with van der Waals surface area (Å²) in [4.78, 5) is 24.8. The van der Waals surface area contributed by atoms with E-state index in [2.05, 4.69) is 10.6 Å². The first kappa shape index (κ1) is 18.2. The number of benzene rings is 1. The smallest absolute Gasteiger partial charge is 0.252 e. The van der Waals surface area contributed by atoms with Gasteiger partial charge in [-0.2, -0.15) is 0 Å². The van der Waals surface area contributed by atoms with Gasteiger partial charge in [0.15, 0.2) is 6.10 Å². The summed E-state index contributed by atoms with van der Waals surface area (Å²) in [6.45, 7) is 0.324. The first-order valence-corrected chi connectivity index (χ1v) is 8.89. The number of nitrogens with one attached hydrogen (secondary N) is 2. The fourth-order valence-corrected chi connectivity index (χ4v) is 3.97. The van der Waals surface area contributed by atoms with Crippen molar-refractivity contribution in [2.75, 3.05) is 20.3 Å². The van der Waals surface area contributed by atoms with E-state index >= 15 is 0 Å². The number of ether oxygens (including phenoxy) is 2. The molecule has 3 rings (SSSR count). The monoisotopic (exact) mass is 366 g/mol. The van der Waals surface area contributed by atoms with E-state index in [4.69, 9.17) is 21.1 Å². The van der Waals surface area contributed by atoms with Gasteiger partial charge in [0.2, 0.25) is 5.91 Å². The van der Waals surface area contributed by atoms with Crippen molar-refractivity contribution in [2.45, 2.75) is 43.4 Å². The van der Waals surface area contributed by atoms with E-state index in [0.29, 0.717) is 17.2 Å². The van der Waals surface area contributed by atoms with Gasteiger partial charge in [0.25, 0.3) is 5.91 Å². The van der Waals surface area contributed by atoms with Crippen molar-refractivity contribution < 1.29 is 19.1 Å². The number of halogens is 1. The quantitative estimate of drug-likeness (QED) is 0.835. The maximum atomic E-state index is 12.9.